The second kappa shape index (κ2) is 6.55. The number of nitrogens with zero attached hydrogens (tertiary/aromatic N) is 1. The van der Waals surface area contributed by atoms with Gasteiger partial charge in [-0.25, -0.2) is 0 Å². The molecule has 1 aliphatic heterocycles. The van der Waals surface area contributed by atoms with Crippen LogP contribution in [0.2, 0.25) is 4.34 Å². The molecule has 1 aromatic rings. The quantitative estimate of drug-likeness (QED) is 0.923. The van der Waals surface area contributed by atoms with E-state index in [4.69, 9.17) is 11.6 Å². The molecule has 18 heavy (non-hydrogen) atoms. The minimum Gasteiger partial charge on any atom is -0.341 e. The fraction of sp³-hybridized carbons (Fsp3) is 0.615. The summed E-state index contributed by atoms with van der Waals surface area (Å²) in [6.07, 6.45) is 3.00. The van der Waals surface area contributed by atoms with Crippen molar-refractivity contribution in [2.45, 2.75) is 25.8 Å². The second-order valence-electron chi connectivity index (χ2n) is 4.87. The van der Waals surface area contributed by atoms with E-state index in [0.717, 1.165) is 28.7 Å². The van der Waals surface area contributed by atoms with Gasteiger partial charge in [-0.3, -0.25) is 4.79 Å². The zero-order valence-corrected chi connectivity index (χ0v) is 12.2. The molecule has 1 aliphatic rings. The molecule has 100 valence electrons. The minimum absolute atomic E-state index is 0.230. The van der Waals surface area contributed by atoms with Gasteiger partial charge in [0, 0.05) is 18.3 Å². The molecule has 1 unspecified atom stereocenters. The highest BCUT2D eigenvalue weighted by Crippen LogP contribution is 2.23. The fourth-order valence-corrected chi connectivity index (χ4v) is 3.40. The summed E-state index contributed by atoms with van der Waals surface area (Å²) in [4.78, 5) is 15.0. The minimum atomic E-state index is 0.230. The van der Waals surface area contributed by atoms with Crippen LogP contribution in [0.15, 0.2) is 12.1 Å². The number of halogens is 1. The third-order valence-electron chi connectivity index (χ3n) is 3.31. The van der Waals surface area contributed by atoms with Gasteiger partial charge in [-0.1, -0.05) is 11.6 Å². The molecule has 0 spiro atoms. The van der Waals surface area contributed by atoms with Crippen LogP contribution in [0.3, 0.4) is 0 Å². The summed E-state index contributed by atoms with van der Waals surface area (Å²) in [5.41, 5.74) is 0. The van der Waals surface area contributed by atoms with Crippen molar-refractivity contribution in [1.82, 2.24) is 10.2 Å². The normalized spacial score (nSPS) is 19.8. The topological polar surface area (TPSA) is 32.3 Å². The van der Waals surface area contributed by atoms with Crippen LogP contribution in [0.4, 0.5) is 0 Å². The predicted molar refractivity (Wildman–Crippen MR) is 76.0 cm³/mol. The molecule has 2 rings (SSSR count). The van der Waals surface area contributed by atoms with E-state index < -0.39 is 0 Å². The van der Waals surface area contributed by atoms with Crippen LogP contribution in [-0.2, 0) is 11.3 Å². The Morgan fingerprint density at radius 1 is 1.61 bits per heavy atom. The number of rotatable bonds is 4. The van der Waals surface area contributed by atoms with Gasteiger partial charge in [0.25, 0.3) is 0 Å². The van der Waals surface area contributed by atoms with E-state index in [2.05, 4.69) is 5.32 Å². The molecule has 1 atom stereocenters. The maximum absolute atomic E-state index is 12.1. The molecule has 3 nitrogen and oxygen atoms in total. The highest BCUT2D eigenvalue weighted by molar-refractivity contribution is 7.16. The third-order valence-corrected chi connectivity index (χ3v) is 4.53. The first-order valence-corrected chi connectivity index (χ1v) is 7.53. The maximum atomic E-state index is 12.1. The number of piperidine rings is 1. The van der Waals surface area contributed by atoms with E-state index in [1.54, 1.807) is 4.90 Å². The van der Waals surface area contributed by atoms with E-state index in [-0.39, 0.29) is 5.91 Å². The van der Waals surface area contributed by atoms with E-state index in [1.807, 2.05) is 19.2 Å². The van der Waals surface area contributed by atoms with Gasteiger partial charge in [-0.15, -0.1) is 11.3 Å². The average Bonchev–Trinajstić information content (AvgIpc) is 2.76. The van der Waals surface area contributed by atoms with Gasteiger partial charge >= 0.3 is 0 Å². The Morgan fingerprint density at radius 2 is 2.44 bits per heavy atom. The van der Waals surface area contributed by atoms with Crippen LogP contribution in [0, 0.1) is 5.92 Å². The smallest absolute Gasteiger partial charge is 0.222 e. The number of nitrogens with one attached hydrogen (secondary N) is 1. The second-order valence-corrected chi connectivity index (χ2v) is 6.67. The third kappa shape index (κ3) is 3.97. The van der Waals surface area contributed by atoms with Crippen LogP contribution >= 0.6 is 22.9 Å². The van der Waals surface area contributed by atoms with E-state index in [0.29, 0.717) is 18.9 Å². The summed E-state index contributed by atoms with van der Waals surface area (Å²) >= 11 is 7.42. The van der Waals surface area contributed by atoms with Crippen LogP contribution in [0.5, 0.6) is 0 Å². The van der Waals surface area contributed by atoms with Crippen LogP contribution in [0.1, 0.15) is 24.1 Å². The van der Waals surface area contributed by atoms with Crippen molar-refractivity contribution in [3.05, 3.63) is 21.3 Å². The highest BCUT2D eigenvalue weighted by atomic mass is 35.5. The molecule has 0 bridgehead atoms. The molecular weight excluding hydrogens is 268 g/mol. The molecule has 5 heteroatoms. The van der Waals surface area contributed by atoms with E-state index >= 15 is 0 Å². The number of thiophene rings is 1. The lowest BCUT2D eigenvalue weighted by atomic mass is 9.96. The first-order valence-electron chi connectivity index (χ1n) is 6.34. The first-order chi connectivity index (χ1) is 8.65. The van der Waals surface area contributed by atoms with Crippen LogP contribution < -0.4 is 5.32 Å². The lowest BCUT2D eigenvalue weighted by Crippen LogP contribution is -2.34. The zero-order valence-electron chi connectivity index (χ0n) is 10.6. The van der Waals surface area contributed by atoms with Crippen molar-refractivity contribution in [3.8, 4) is 0 Å². The van der Waals surface area contributed by atoms with Crippen molar-refractivity contribution in [3.63, 3.8) is 0 Å². The number of hydrogen-bond donors (Lipinski definition) is 1. The summed E-state index contributed by atoms with van der Waals surface area (Å²) in [6.45, 7) is 2.73. The fourth-order valence-electron chi connectivity index (χ4n) is 2.26. The number of carbonyl (C=O) groups is 1. The molecule has 0 aromatic carbocycles. The van der Waals surface area contributed by atoms with Gasteiger partial charge in [-0.05, 0) is 44.0 Å². The lowest BCUT2D eigenvalue weighted by Gasteiger charge is -2.24. The largest absolute Gasteiger partial charge is 0.341 e. The molecule has 1 N–H and O–H groups in total. The summed E-state index contributed by atoms with van der Waals surface area (Å²) in [5, 5.41) is 3.35. The Balaban J connectivity index is 1.80. The summed E-state index contributed by atoms with van der Waals surface area (Å²) in [5.74, 6) is 0.730. The highest BCUT2D eigenvalue weighted by Gasteiger charge is 2.19. The van der Waals surface area contributed by atoms with Crippen molar-refractivity contribution in [2.75, 3.05) is 20.1 Å². The van der Waals surface area contributed by atoms with Crippen molar-refractivity contribution in [2.24, 2.45) is 5.92 Å². The number of amides is 1. The van der Waals surface area contributed by atoms with Gasteiger partial charge in [0.15, 0.2) is 0 Å². The first kappa shape index (κ1) is 13.8. The maximum Gasteiger partial charge on any atom is 0.222 e. The molecule has 0 saturated carbocycles. The molecule has 2 heterocycles. The molecular formula is C13H19ClN2OS. The van der Waals surface area contributed by atoms with E-state index in [9.17, 15) is 4.79 Å². The van der Waals surface area contributed by atoms with Gasteiger partial charge in [0.1, 0.15) is 0 Å². The summed E-state index contributed by atoms with van der Waals surface area (Å²) < 4.78 is 0.780. The average molecular weight is 287 g/mol. The Hall–Kier alpha value is -0.580. The number of hydrogen-bond acceptors (Lipinski definition) is 3. The summed E-state index contributed by atoms with van der Waals surface area (Å²) in [6, 6.07) is 3.86. The van der Waals surface area contributed by atoms with Gasteiger partial charge in [-0.2, -0.15) is 0 Å². The van der Waals surface area contributed by atoms with Crippen molar-refractivity contribution >= 4 is 28.8 Å². The predicted octanol–water partition coefficient (Wildman–Crippen LogP) is 2.75. The molecule has 1 aromatic heterocycles. The molecule has 0 aliphatic carbocycles. The van der Waals surface area contributed by atoms with Crippen LogP contribution in [-0.4, -0.2) is 30.9 Å². The Kier molecular flexibility index (Phi) is 5.03. The van der Waals surface area contributed by atoms with Crippen molar-refractivity contribution in [1.29, 1.82) is 0 Å². The monoisotopic (exact) mass is 286 g/mol. The van der Waals surface area contributed by atoms with Crippen molar-refractivity contribution < 1.29 is 4.79 Å². The summed E-state index contributed by atoms with van der Waals surface area (Å²) in [7, 11) is 1.87. The Labute approximate surface area is 117 Å². The number of carbonyl (C=O) groups excluding carboxylic acids is 1. The zero-order chi connectivity index (χ0) is 13.0. The molecule has 1 amide bonds. The standard InChI is InChI=1S/C13H19ClN2OS/c1-16(9-11-4-5-12(14)18-11)13(17)7-10-3-2-6-15-8-10/h4-5,10,15H,2-3,6-9H2,1H3. The Morgan fingerprint density at radius 3 is 3.06 bits per heavy atom. The van der Waals surface area contributed by atoms with Gasteiger partial charge in [0.2, 0.25) is 5.91 Å². The van der Waals surface area contributed by atoms with E-state index in [1.165, 1.54) is 17.8 Å². The van der Waals surface area contributed by atoms with Gasteiger partial charge < -0.3 is 10.2 Å². The van der Waals surface area contributed by atoms with Gasteiger partial charge in [0.05, 0.1) is 10.9 Å². The molecule has 0 radical (unpaired) electrons. The van der Waals surface area contributed by atoms with Crippen LogP contribution in [0.25, 0.3) is 0 Å². The molecule has 1 saturated heterocycles. The molecule has 1 fully saturated rings. The Bertz CT molecular complexity index is 401. The SMILES string of the molecule is CN(Cc1ccc(Cl)s1)C(=O)CC1CCCNC1. The lowest BCUT2D eigenvalue weighted by molar-refractivity contribution is -0.131.